The van der Waals surface area contributed by atoms with Crippen LogP contribution >= 0.6 is 27.5 Å². The van der Waals surface area contributed by atoms with E-state index in [0.717, 1.165) is 24.0 Å². The molecule has 3 heterocycles. The Morgan fingerprint density at radius 1 is 1.40 bits per heavy atom. The Kier molecular flexibility index (Phi) is 4.29. The van der Waals surface area contributed by atoms with Crippen LogP contribution < -0.4 is 5.32 Å². The Morgan fingerprint density at radius 3 is 3.10 bits per heavy atom. The molecule has 0 aromatic carbocycles. The third-order valence-corrected chi connectivity index (χ3v) is 4.96. The molecule has 108 valence electrons. The molecule has 2 aliphatic heterocycles. The number of hydrogen-bond donors (Lipinski definition) is 1. The van der Waals surface area contributed by atoms with Gasteiger partial charge in [0.2, 0.25) is 0 Å². The lowest BCUT2D eigenvalue weighted by atomic mass is 9.99. The molecule has 0 bridgehead atoms. The minimum absolute atomic E-state index is 0.124. The van der Waals surface area contributed by atoms with Crippen molar-refractivity contribution in [1.29, 1.82) is 0 Å². The predicted octanol–water partition coefficient (Wildman–Crippen LogP) is 2.85. The molecule has 2 atom stereocenters. The zero-order chi connectivity index (χ0) is 14.1. The number of fused-ring (bicyclic) bond motifs is 1. The van der Waals surface area contributed by atoms with E-state index in [1.807, 2.05) is 0 Å². The molecule has 0 saturated carbocycles. The van der Waals surface area contributed by atoms with Crippen molar-refractivity contribution < 1.29 is 4.79 Å². The highest BCUT2D eigenvalue weighted by Crippen LogP contribution is 2.27. The molecule has 2 unspecified atom stereocenters. The van der Waals surface area contributed by atoms with Crippen molar-refractivity contribution in [3.63, 3.8) is 0 Å². The van der Waals surface area contributed by atoms with Crippen LogP contribution in [0, 0.1) is 0 Å². The number of pyridine rings is 1. The number of rotatable bonds is 2. The minimum Gasteiger partial charge on any atom is -0.348 e. The van der Waals surface area contributed by atoms with Crippen molar-refractivity contribution >= 4 is 33.4 Å². The van der Waals surface area contributed by atoms with Crippen molar-refractivity contribution in [2.24, 2.45) is 0 Å². The van der Waals surface area contributed by atoms with Crippen LogP contribution in [0.2, 0.25) is 5.15 Å². The van der Waals surface area contributed by atoms with Gasteiger partial charge in [-0.3, -0.25) is 9.69 Å². The highest BCUT2D eigenvalue weighted by Gasteiger charge is 2.36. The Bertz CT molecular complexity index is 525. The molecule has 6 heteroatoms. The number of carbonyl (C=O) groups excluding carboxylic acids is 1. The molecule has 2 saturated heterocycles. The third-order valence-electron chi connectivity index (χ3n) is 4.22. The third kappa shape index (κ3) is 2.85. The smallest absolute Gasteiger partial charge is 0.254 e. The van der Waals surface area contributed by atoms with Crippen LogP contribution in [0.25, 0.3) is 0 Å². The van der Waals surface area contributed by atoms with Crippen LogP contribution in [0.15, 0.2) is 16.7 Å². The topological polar surface area (TPSA) is 45.2 Å². The number of carbonyl (C=O) groups is 1. The van der Waals surface area contributed by atoms with Gasteiger partial charge in [-0.25, -0.2) is 4.98 Å². The molecule has 2 aliphatic rings. The minimum atomic E-state index is -0.124. The van der Waals surface area contributed by atoms with Gasteiger partial charge in [0.1, 0.15) is 5.15 Å². The largest absolute Gasteiger partial charge is 0.348 e. The molecule has 0 radical (unpaired) electrons. The Balaban J connectivity index is 1.71. The molecule has 0 aliphatic carbocycles. The summed E-state index contributed by atoms with van der Waals surface area (Å²) in [7, 11) is 0. The fourth-order valence-corrected chi connectivity index (χ4v) is 3.76. The summed E-state index contributed by atoms with van der Waals surface area (Å²) in [5.41, 5.74) is 0.440. The summed E-state index contributed by atoms with van der Waals surface area (Å²) in [5, 5.41) is 3.39. The van der Waals surface area contributed by atoms with E-state index < -0.39 is 0 Å². The molecule has 1 aromatic heterocycles. The summed E-state index contributed by atoms with van der Waals surface area (Å²) in [6.45, 7) is 2.25. The zero-order valence-electron chi connectivity index (χ0n) is 11.1. The molecular formula is C14H17BrClN3O. The summed E-state index contributed by atoms with van der Waals surface area (Å²) < 4.78 is 0.762. The lowest BCUT2D eigenvalue weighted by Crippen LogP contribution is -2.46. The lowest BCUT2D eigenvalue weighted by Gasteiger charge is -2.32. The molecule has 1 amide bonds. The Hall–Kier alpha value is -0.650. The van der Waals surface area contributed by atoms with Gasteiger partial charge in [-0.2, -0.15) is 0 Å². The monoisotopic (exact) mass is 357 g/mol. The van der Waals surface area contributed by atoms with Gasteiger partial charge in [0.25, 0.3) is 5.91 Å². The van der Waals surface area contributed by atoms with E-state index in [1.54, 1.807) is 12.3 Å². The van der Waals surface area contributed by atoms with Gasteiger partial charge in [-0.15, -0.1) is 0 Å². The Labute approximate surface area is 132 Å². The summed E-state index contributed by atoms with van der Waals surface area (Å²) in [6.07, 6.45) is 6.33. The predicted molar refractivity (Wildman–Crippen MR) is 82.0 cm³/mol. The van der Waals surface area contributed by atoms with Gasteiger partial charge < -0.3 is 5.32 Å². The van der Waals surface area contributed by atoms with Gasteiger partial charge in [0, 0.05) is 29.3 Å². The van der Waals surface area contributed by atoms with Crippen LogP contribution in [0.3, 0.4) is 0 Å². The van der Waals surface area contributed by atoms with Gasteiger partial charge >= 0.3 is 0 Å². The highest BCUT2D eigenvalue weighted by molar-refractivity contribution is 9.10. The van der Waals surface area contributed by atoms with Crippen molar-refractivity contribution in [2.45, 2.75) is 37.8 Å². The van der Waals surface area contributed by atoms with Crippen LogP contribution in [0.5, 0.6) is 0 Å². The van der Waals surface area contributed by atoms with Gasteiger partial charge in [0.05, 0.1) is 5.56 Å². The summed E-state index contributed by atoms with van der Waals surface area (Å²) in [4.78, 5) is 18.9. The van der Waals surface area contributed by atoms with Crippen molar-refractivity contribution in [1.82, 2.24) is 15.2 Å². The first kappa shape index (κ1) is 14.3. The summed E-state index contributed by atoms with van der Waals surface area (Å²) in [5.74, 6) is -0.124. The van der Waals surface area contributed by atoms with Crippen molar-refractivity contribution in [3.05, 3.63) is 27.5 Å². The van der Waals surface area contributed by atoms with Gasteiger partial charge in [-0.1, -0.05) is 18.0 Å². The zero-order valence-corrected chi connectivity index (χ0v) is 13.5. The second-order valence-corrected chi connectivity index (χ2v) is 6.73. The van der Waals surface area contributed by atoms with Crippen LogP contribution in [-0.4, -0.2) is 41.0 Å². The SMILES string of the molecule is O=C(NC1CCN2CCCCC12)c1cc(Br)cnc1Cl. The summed E-state index contributed by atoms with van der Waals surface area (Å²) >= 11 is 9.33. The Morgan fingerprint density at radius 2 is 2.25 bits per heavy atom. The van der Waals surface area contributed by atoms with E-state index in [9.17, 15) is 4.79 Å². The van der Waals surface area contributed by atoms with Crippen LogP contribution in [0.1, 0.15) is 36.0 Å². The first-order valence-corrected chi connectivity index (χ1v) is 8.18. The number of amides is 1. The number of halogens is 2. The maximum Gasteiger partial charge on any atom is 0.254 e. The number of aromatic nitrogens is 1. The van der Waals surface area contributed by atoms with E-state index in [2.05, 4.69) is 31.1 Å². The molecule has 0 spiro atoms. The fraction of sp³-hybridized carbons (Fsp3) is 0.571. The normalized spacial score (nSPS) is 26.3. The van der Waals surface area contributed by atoms with E-state index in [4.69, 9.17) is 11.6 Å². The molecule has 2 fully saturated rings. The van der Waals surface area contributed by atoms with E-state index in [-0.39, 0.29) is 17.1 Å². The molecule has 4 nitrogen and oxygen atoms in total. The lowest BCUT2D eigenvalue weighted by molar-refractivity contribution is 0.0915. The second-order valence-electron chi connectivity index (χ2n) is 5.46. The average Bonchev–Trinajstić information content (AvgIpc) is 2.85. The van der Waals surface area contributed by atoms with Crippen LogP contribution in [0.4, 0.5) is 0 Å². The number of piperidine rings is 1. The van der Waals surface area contributed by atoms with Gasteiger partial charge in [-0.05, 0) is 47.8 Å². The van der Waals surface area contributed by atoms with E-state index >= 15 is 0 Å². The number of nitrogens with zero attached hydrogens (tertiary/aromatic N) is 2. The van der Waals surface area contributed by atoms with Crippen molar-refractivity contribution in [2.75, 3.05) is 13.1 Å². The first-order chi connectivity index (χ1) is 9.65. The molecule has 1 aromatic rings. The second kappa shape index (κ2) is 6.00. The maximum absolute atomic E-state index is 12.4. The quantitative estimate of drug-likeness (QED) is 0.827. The average molecular weight is 359 g/mol. The van der Waals surface area contributed by atoms with Gasteiger partial charge in [0.15, 0.2) is 0 Å². The molecule has 3 rings (SSSR count). The number of nitrogens with one attached hydrogen (secondary N) is 1. The maximum atomic E-state index is 12.4. The molecular weight excluding hydrogens is 342 g/mol. The molecule has 20 heavy (non-hydrogen) atoms. The van der Waals surface area contributed by atoms with E-state index in [0.29, 0.717) is 11.6 Å². The number of hydrogen-bond acceptors (Lipinski definition) is 3. The summed E-state index contributed by atoms with van der Waals surface area (Å²) in [6, 6.07) is 2.45. The van der Waals surface area contributed by atoms with Crippen LogP contribution in [-0.2, 0) is 0 Å². The first-order valence-electron chi connectivity index (χ1n) is 7.01. The van der Waals surface area contributed by atoms with E-state index in [1.165, 1.54) is 19.3 Å². The highest BCUT2D eigenvalue weighted by atomic mass is 79.9. The van der Waals surface area contributed by atoms with Crippen molar-refractivity contribution in [3.8, 4) is 0 Å². The standard InChI is InChI=1S/C14H17BrClN3O/c15-9-7-10(13(16)17-8-9)14(20)18-11-4-6-19-5-2-1-3-12(11)19/h7-8,11-12H,1-6H2,(H,18,20). The fourth-order valence-electron chi connectivity index (χ4n) is 3.24. The molecule has 1 N–H and O–H groups in total.